The Kier molecular flexibility index (Phi) is 6.05. The molecule has 7 heteroatoms. The van der Waals surface area contributed by atoms with E-state index in [0.29, 0.717) is 50.0 Å². The van der Waals surface area contributed by atoms with Gasteiger partial charge in [-0.15, -0.1) is 0 Å². The van der Waals surface area contributed by atoms with Gasteiger partial charge < -0.3 is 15.1 Å². The van der Waals surface area contributed by atoms with Crippen molar-refractivity contribution < 1.29 is 14.4 Å². The largest absolute Gasteiger partial charge is 0.340 e. The molecule has 1 aliphatic carbocycles. The quantitative estimate of drug-likeness (QED) is 0.782. The number of fused-ring (bicyclic) bond motifs is 2. The maximum absolute atomic E-state index is 13.2. The summed E-state index contributed by atoms with van der Waals surface area (Å²) in [4.78, 5) is 43.0. The highest BCUT2D eigenvalue weighted by Gasteiger charge is 2.51. The summed E-state index contributed by atoms with van der Waals surface area (Å²) in [6.45, 7) is 12.4. The van der Waals surface area contributed by atoms with Crippen molar-refractivity contribution in [3.8, 4) is 0 Å². The lowest BCUT2D eigenvalue weighted by Gasteiger charge is -2.39. The van der Waals surface area contributed by atoms with E-state index in [1.165, 1.54) is 0 Å². The Morgan fingerprint density at radius 2 is 1.66 bits per heavy atom. The third kappa shape index (κ3) is 4.98. The van der Waals surface area contributed by atoms with E-state index >= 15 is 0 Å². The standard InChI is InChI=1S/C25H36N4O3/c1-18(30)28-11-9-27(10-12-28)15-22(31)26-20-7-5-19(6-8-20)23(32)29-17-25(4)14-21(29)13-24(2,3)16-25/h5-8,21H,9-17H2,1-4H3,(H,26,31). The Bertz CT molecular complexity index is 889. The molecule has 0 aromatic heterocycles. The van der Waals surface area contributed by atoms with E-state index in [4.69, 9.17) is 0 Å². The molecule has 2 atom stereocenters. The van der Waals surface area contributed by atoms with Gasteiger partial charge in [-0.05, 0) is 54.4 Å². The molecule has 32 heavy (non-hydrogen) atoms. The monoisotopic (exact) mass is 440 g/mol. The van der Waals surface area contributed by atoms with Gasteiger partial charge in [0.15, 0.2) is 0 Å². The van der Waals surface area contributed by atoms with Gasteiger partial charge in [0.05, 0.1) is 6.54 Å². The maximum Gasteiger partial charge on any atom is 0.254 e. The highest BCUT2D eigenvalue weighted by molar-refractivity contribution is 5.96. The average molecular weight is 441 g/mol. The zero-order valence-corrected chi connectivity index (χ0v) is 19.8. The van der Waals surface area contributed by atoms with Gasteiger partial charge in [-0.25, -0.2) is 0 Å². The molecule has 7 nitrogen and oxygen atoms in total. The molecule has 2 unspecified atom stereocenters. The molecule has 1 saturated carbocycles. The number of carbonyl (C=O) groups excluding carboxylic acids is 3. The van der Waals surface area contributed by atoms with Crippen LogP contribution in [-0.4, -0.2) is 77.7 Å². The second kappa shape index (κ2) is 8.50. The minimum atomic E-state index is -0.0798. The lowest BCUT2D eigenvalue weighted by Crippen LogP contribution is -2.49. The van der Waals surface area contributed by atoms with Crippen molar-refractivity contribution in [3.63, 3.8) is 0 Å². The summed E-state index contributed by atoms with van der Waals surface area (Å²) in [5.74, 6) is 0.0976. The molecule has 1 aromatic carbocycles. The molecule has 3 amide bonds. The van der Waals surface area contributed by atoms with Gasteiger partial charge in [0, 0.05) is 56.9 Å². The normalized spacial score (nSPS) is 27.3. The smallest absolute Gasteiger partial charge is 0.254 e. The molecule has 1 aromatic rings. The van der Waals surface area contributed by atoms with Crippen LogP contribution < -0.4 is 5.32 Å². The molecule has 3 fully saturated rings. The molecule has 0 radical (unpaired) electrons. The fraction of sp³-hybridized carbons (Fsp3) is 0.640. The van der Waals surface area contributed by atoms with Crippen LogP contribution in [0.15, 0.2) is 24.3 Å². The number of rotatable bonds is 4. The predicted octanol–water partition coefficient (Wildman–Crippen LogP) is 2.83. The van der Waals surface area contributed by atoms with Crippen molar-refractivity contribution in [1.29, 1.82) is 0 Å². The summed E-state index contributed by atoms with van der Waals surface area (Å²) < 4.78 is 0. The topological polar surface area (TPSA) is 73.0 Å². The molecule has 0 spiro atoms. The average Bonchev–Trinajstić information content (AvgIpc) is 2.97. The van der Waals surface area contributed by atoms with Gasteiger partial charge in [-0.1, -0.05) is 20.8 Å². The van der Waals surface area contributed by atoms with E-state index in [1.54, 1.807) is 11.8 Å². The molecule has 4 rings (SSSR count). The Hall–Kier alpha value is -2.41. The fourth-order valence-corrected chi connectivity index (χ4v) is 6.18. The van der Waals surface area contributed by atoms with Crippen LogP contribution in [0, 0.1) is 10.8 Å². The molecule has 2 aliphatic heterocycles. The number of likely N-dealkylation sites (tertiary alicyclic amines) is 1. The number of hydrogen-bond acceptors (Lipinski definition) is 4. The van der Waals surface area contributed by atoms with Crippen LogP contribution >= 0.6 is 0 Å². The highest BCUT2D eigenvalue weighted by atomic mass is 16.2. The molecular formula is C25H36N4O3. The van der Waals surface area contributed by atoms with Crippen LogP contribution in [-0.2, 0) is 9.59 Å². The molecule has 3 aliphatic rings. The SMILES string of the molecule is CC(=O)N1CCN(CC(=O)Nc2ccc(C(=O)N3CC4(C)CC3CC(C)(C)C4)cc2)CC1. The molecular weight excluding hydrogens is 404 g/mol. The zero-order chi connectivity index (χ0) is 23.1. The molecule has 2 saturated heterocycles. The summed E-state index contributed by atoms with van der Waals surface area (Å²) in [5.41, 5.74) is 1.87. The van der Waals surface area contributed by atoms with E-state index in [2.05, 4.69) is 35.9 Å². The van der Waals surface area contributed by atoms with Crippen molar-refractivity contribution in [2.75, 3.05) is 44.6 Å². The number of nitrogens with zero attached hydrogens (tertiary/aromatic N) is 3. The van der Waals surface area contributed by atoms with Gasteiger partial charge in [0.1, 0.15) is 0 Å². The Morgan fingerprint density at radius 3 is 2.28 bits per heavy atom. The third-order valence-corrected chi connectivity index (χ3v) is 7.28. The number of hydrogen-bond donors (Lipinski definition) is 1. The van der Waals surface area contributed by atoms with Crippen LogP contribution in [0.25, 0.3) is 0 Å². The van der Waals surface area contributed by atoms with Crippen molar-refractivity contribution in [3.05, 3.63) is 29.8 Å². The summed E-state index contributed by atoms with van der Waals surface area (Å²) in [7, 11) is 0. The van der Waals surface area contributed by atoms with Crippen LogP contribution in [0.1, 0.15) is 57.3 Å². The van der Waals surface area contributed by atoms with Crippen molar-refractivity contribution in [2.45, 2.75) is 53.0 Å². The van der Waals surface area contributed by atoms with E-state index in [-0.39, 0.29) is 28.6 Å². The van der Waals surface area contributed by atoms with Crippen LogP contribution in [0.5, 0.6) is 0 Å². The predicted molar refractivity (Wildman–Crippen MR) is 124 cm³/mol. The summed E-state index contributed by atoms with van der Waals surface area (Å²) in [5, 5.41) is 2.93. The van der Waals surface area contributed by atoms with Gasteiger partial charge in [-0.3, -0.25) is 19.3 Å². The third-order valence-electron chi connectivity index (χ3n) is 7.28. The van der Waals surface area contributed by atoms with Gasteiger partial charge >= 0.3 is 0 Å². The van der Waals surface area contributed by atoms with Gasteiger partial charge in [0.2, 0.25) is 11.8 Å². The summed E-state index contributed by atoms with van der Waals surface area (Å²) in [6, 6.07) is 7.58. The number of benzene rings is 1. The Balaban J connectivity index is 1.31. The van der Waals surface area contributed by atoms with E-state index < -0.39 is 0 Å². The van der Waals surface area contributed by atoms with Crippen LogP contribution in [0.2, 0.25) is 0 Å². The van der Waals surface area contributed by atoms with E-state index in [0.717, 1.165) is 25.8 Å². The number of carbonyl (C=O) groups is 3. The second-order valence-electron chi connectivity index (χ2n) is 11.1. The molecule has 1 N–H and O–H groups in total. The van der Waals surface area contributed by atoms with Crippen LogP contribution in [0.3, 0.4) is 0 Å². The first-order valence-electron chi connectivity index (χ1n) is 11.7. The van der Waals surface area contributed by atoms with E-state index in [1.807, 2.05) is 24.3 Å². The van der Waals surface area contributed by atoms with Crippen molar-refractivity contribution in [1.82, 2.24) is 14.7 Å². The summed E-state index contributed by atoms with van der Waals surface area (Å²) in [6.07, 6.45) is 3.31. The Labute approximate surface area is 191 Å². The first-order valence-corrected chi connectivity index (χ1v) is 11.7. The minimum absolute atomic E-state index is 0.0798. The lowest BCUT2D eigenvalue weighted by atomic mass is 9.65. The molecule has 174 valence electrons. The number of nitrogens with one attached hydrogen (secondary N) is 1. The first-order chi connectivity index (χ1) is 15.0. The van der Waals surface area contributed by atoms with E-state index in [9.17, 15) is 14.4 Å². The number of anilines is 1. The maximum atomic E-state index is 13.2. The first kappa shape index (κ1) is 22.8. The minimum Gasteiger partial charge on any atom is -0.340 e. The van der Waals surface area contributed by atoms with Gasteiger partial charge in [0.25, 0.3) is 5.91 Å². The fourth-order valence-electron chi connectivity index (χ4n) is 6.18. The molecule has 2 heterocycles. The lowest BCUT2D eigenvalue weighted by molar-refractivity contribution is -0.130. The second-order valence-corrected chi connectivity index (χ2v) is 11.1. The zero-order valence-electron chi connectivity index (χ0n) is 19.8. The van der Waals surface area contributed by atoms with Crippen molar-refractivity contribution >= 4 is 23.4 Å². The number of piperazine rings is 1. The van der Waals surface area contributed by atoms with Crippen molar-refractivity contribution in [2.24, 2.45) is 10.8 Å². The highest BCUT2D eigenvalue weighted by Crippen LogP contribution is 2.52. The Morgan fingerprint density at radius 1 is 1.00 bits per heavy atom. The van der Waals surface area contributed by atoms with Gasteiger partial charge in [-0.2, -0.15) is 0 Å². The number of amides is 3. The molecule has 2 bridgehead atoms. The van der Waals surface area contributed by atoms with Crippen LogP contribution in [0.4, 0.5) is 5.69 Å². The summed E-state index contributed by atoms with van der Waals surface area (Å²) >= 11 is 0.